The Kier molecular flexibility index (Phi) is 5.90. The number of aryl methyl sites for hydroxylation is 1. The Morgan fingerprint density at radius 1 is 1.25 bits per heavy atom. The zero-order valence-corrected chi connectivity index (χ0v) is 16.3. The molecule has 0 spiro atoms. The second kappa shape index (κ2) is 8.04. The number of halogens is 4. The molecule has 10 heteroatoms. The maximum absolute atomic E-state index is 13.3. The fourth-order valence-electron chi connectivity index (χ4n) is 2.93. The third kappa shape index (κ3) is 4.44. The molecule has 28 heavy (non-hydrogen) atoms. The second-order valence-corrected chi connectivity index (χ2v) is 7.62. The van der Waals surface area contributed by atoms with Crippen LogP contribution in [0.15, 0.2) is 18.2 Å². The van der Waals surface area contributed by atoms with Crippen LogP contribution in [0.25, 0.3) is 0 Å². The number of benzene rings is 1. The molecule has 3 rings (SSSR count). The fraction of sp³-hybridized carbons (Fsp3) is 0.444. The number of aromatic nitrogens is 1. The lowest BCUT2D eigenvalue weighted by Crippen LogP contribution is -2.44. The molecule has 1 saturated heterocycles. The van der Waals surface area contributed by atoms with Gasteiger partial charge in [0.2, 0.25) is 0 Å². The van der Waals surface area contributed by atoms with Gasteiger partial charge in [-0.2, -0.15) is 13.2 Å². The number of nitrogens with one attached hydrogen (secondary N) is 1. The van der Waals surface area contributed by atoms with Gasteiger partial charge in [-0.05, 0) is 31.7 Å². The monoisotopic (exact) mass is 416 g/mol. The highest BCUT2D eigenvalue weighted by Crippen LogP contribution is 2.36. The Labute approximate surface area is 164 Å². The SMILES string of the molecule is CCc1sc(N2CCN(C)CC2)nc1C(=O)Nc1ccc(F)cc1C(F)(F)F. The zero-order chi connectivity index (χ0) is 20.5. The van der Waals surface area contributed by atoms with Crippen molar-refractivity contribution in [2.24, 2.45) is 0 Å². The standard InChI is InChI=1S/C18H20F4N4OS/c1-3-14-15(24-17(28-14)26-8-6-25(2)7-9-26)16(27)23-13-5-4-11(19)10-12(13)18(20,21)22/h4-5,10H,3,6-9H2,1-2H3,(H,23,27). The van der Waals surface area contributed by atoms with Gasteiger partial charge in [-0.1, -0.05) is 6.92 Å². The maximum Gasteiger partial charge on any atom is 0.418 e. The largest absolute Gasteiger partial charge is 0.418 e. The number of alkyl halides is 3. The topological polar surface area (TPSA) is 48.5 Å². The number of anilines is 2. The van der Waals surface area contributed by atoms with E-state index in [0.717, 1.165) is 38.3 Å². The molecule has 152 valence electrons. The Bertz CT molecular complexity index is 860. The summed E-state index contributed by atoms with van der Waals surface area (Å²) in [6.07, 6.45) is -4.25. The lowest BCUT2D eigenvalue weighted by molar-refractivity contribution is -0.137. The number of rotatable bonds is 4. The predicted molar refractivity (Wildman–Crippen MR) is 101 cm³/mol. The molecular weight excluding hydrogens is 396 g/mol. The summed E-state index contributed by atoms with van der Waals surface area (Å²) in [5.74, 6) is -1.75. The van der Waals surface area contributed by atoms with Crippen LogP contribution in [-0.4, -0.2) is 49.0 Å². The van der Waals surface area contributed by atoms with Gasteiger partial charge in [-0.3, -0.25) is 4.79 Å². The van der Waals surface area contributed by atoms with Gasteiger partial charge in [0.05, 0.1) is 11.3 Å². The van der Waals surface area contributed by atoms with Crippen molar-refractivity contribution in [3.63, 3.8) is 0 Å². The zero-order valence-electron chi connectivity index (χ0n) is 15.4. The Hall–Kier alpha value is -2.20. The van der Waals surface area contributed by atoms with Crippen LogP contribution in [0.4, 0.5) is 28.4 Å². The molecule has 0 saturated carbocycles. The normalized spacial score (nSPS) is 15.7. The van der Waals surface area contributed by atoms with E-state index in [4.69, 9.17) is 0 Å². The van der Waals surface area contributed by atoms with Crippen molar-refractivity contribution >= 4 is 28.1 Å². The van der Waals surface area contributed by atoms with E-state index in [1.54, 1.807) is 0 Å². The fourth-order valence-corrected chi connectivity index (χ4v) is 3.98. The summed E-state index contributed by atoms with van der Waals surface area (Å²) in [4.78, 5) is 22.0. The summed E-state index contributed by atoms with van der Waals surface area (Å²) in [5, 5.41) is 2.94. The molecule has 1 aromatic heterocycles. The van der Waals surface area contributed by atoms with E-state index in [2.05, 4.69) is 20.1 Å². The lowest BCUT2D eigenvalue weighted by atomic mass is 10.1. The Balaban J connectivity index is 1.85. The summed E-state index contributed by atoms with van der Waals surface area (Å²) in [6, 6.07) is 2.16. The van der Waals surface area contributed by atoms with Crippen molar-refractivity contribution in [3.05, 3.63) is 40.2 Å². The van der Waals surface area contributed by atoms with E-state index in [1.165, 1.54) is 11.3 Å². The van der Waals surface area contributed by atoms with Crippen LogP contribution < -0.4 is 10.2 Å². The molecule has 0 unspecified atom stereocenters. The van der Waals surface area contributed by atoms with Crippen molar-refractivity contribution in [3.8, 4) is 0 Å². The first-order valence-electron chi connectivity index (χ1n) is 8.80. The van der Waals surface area contributed by atoms with Crippen molar-refractivity contribution in [2.45, 2.75) is 19.5 Å². The summed E-state index contributed by atoms with van der Waals surface area (Å²) in [7, 11) is 2.02. The smallest absolute Gasteiger partial charge is 0.346 e. The van der Waals surface area contributed by atoms with Gasteiger partial charge >= 0.3 is 6.18 Å². The molecule has 5 nitrogen and oxygen atoms in total. The first-order chi connectivity index (χ1) is 13.2. The number of carbonyl (C=O) groups excluding carboxylic acids is 1. The minimum absolute atomic E-state index is 0.110. The van der Waals surface area contributed by atoms with Gasteiger partial charge < -0.3 is 15.1 Å². The molecule has 0 bridgehead atoms. The van der Waals surface area contributed by atoms with Gasteiger partial charge in [0.1, 0.15) is 11.5 Å². The Morgan fingerprint density at radius 3 is 2.54 bits per heavy atom. The molecule has 1 fully saturated rings. The quantitative estimate of drug-likeness (QED) is 0.769. The van der Waals surface area contributed by atoms with Crippen molar-refractivity contribution < 1.29 is 22.4 Å². The van der Waals surface area contributed by atoms with Crippen LogP contribution >= 0.6 is 11.3 Å². The first kappa shape index (κ1) is 20.5. The number of carbonyl (C=O) groups is 1. The van der Waals surface area contributed by atoms with Crippen LogP contribution in [0.1, 0.15) is 27.9 Å². The molecule has 2 aromatic rings. The first-order valence-corrected chi connectivity index (χ1v) is 9.62. The molecule has 1 aromatic carbocycles. The Morgan fingerprint density at radius 2 is 1.93 bits per heavy atom. The molecule has 0 radical (unpaired) electrons. The maximum atomic E-state index is 13.3. The van der Waals surface area contributed by atoms with Gasteiger partial charge in [-0.15, -0.1) is 11.3 Å². The molecule has 0 aliphatic carbocycles. The van der Waals surface area contributed by atoms with Crippen molar-refractivity contribution in [1.29, 1.82) is 0 Å². The van der Waals surface area contributed by atoms with Crippen LogP contribution in [-0.2, 0) is 12.6 Å². The van der Waals surface area contributed by atoms with Gasteiger partial charge in [-0.25, -0.2) is 9.37 Å². The van der Waals surface area contributed by atoms with E-state index in [1.807, 2.05) is 14.0 Å². The van der Waals surface area contributed by atoms with Gasteiger partial charge in [0.15, 0.2) is 5.13 Å². The number of thiazole rings is 1. The summed E-state index contributed by atoms with van der Waals surface area (Å²) in [6.45, 7) is 5.13. The number of nitrogens with zero attached hydrogens (tertiary/aromatic N) is 3. The lowest BCUT2D eigenvalue weighted by Gasteiger charge is -2.32. The summed E-state index contributed by atoms with van der Waals surface area (Å²) in [5.41, 5.74) is -1.61. The molecule has 1 amide bonds. The highest BCUT2D eigenvalue weighted by atomic mass is 32.1. The average Bonchev–Trinajstić information content (AvgIpc) is 3.07. The molecule has 1 aliphatic rings. The van der Waals surface area contributed by atoms with Crippen LogP contribution in [0.2, 0.25) is 0 Å². The highest BCUT2D eigenvalue weighted by Gasteiger charge is 2.35. The van der Waals surface area contributed by atoms with E-state index in [9.17, 15) is 22.4 Å². The second-order valence-electron chi connectivity index (χ2n) is 6.55. The molecule has 1 N–H and O–H groups in total. The number of hydrogen-bond donors (Lipinski definition) is 1. The number of likely N-dealkylation sites (N-methyl/N-ethyl adjacent to an activating group) is 1. The van der Waals surface area contributed by atoms with Crippen molar-refractivity contribution in [1.82, 2.24) is 9.88 Å². The van der Waals surface area contributed by atoms with Gasteiger partial charge in [0, 0.05) is 31.1 Å². The number of piperazine rings is 1. The van der Waals surface area contributed by atoms with Crippen molar-refractivity contribution in [2.75, 3.05) is 43.4 Å². The minimum Gasteiger partial charge on any atom is -0.346 e. The van der Waals surface area contributed by atoms with Crippen LogP contribution in [0.5, 0.6) is 0 Å². The number of amides is 1. The van der Waals surface area contributed by atoms with Gasteiger partial charge in [0.25, 0.3) is 5.91 Å². The average molecular weight is 416 g/mol. The predicted octanol–water partition coefficient (Wildman–Crippen LogP) is 3.87. The van der Waals surface area contributed by atoms with E-state index >= 15 is 0 Å². The summed E-state index contributed by atoms with van der Waals surface area (Å²) >= 11 is 1.37. The highest BCUT2D eigenvalue weighted by molar-refractivity contribution is 7.15. The third-order valence-corrected chi connectivity index (χ3v) is 5.79. The summed E-state index contributed by atoms with van der Waals surface area (Å²) < 4.78 is 52.8. The molecular formula is C18H20F4N4OS. The molecule has 2 heterocycles. The van der Waals surface area contributed by atoms with Crippen LogP contribution in [0, 0.1) is 5.82 Å². The molecule has 0 atom stereocenters. The minimum atomic E-state index is -4.79. The van der Waals surface area contributed by atoms with E-state index in [0.29, 0.717) is 22.5 Å². The van der Waals surface area contributed by atoms with E-state index in [-0.39, 0.29) is 5.69 Å². The number of hydrogen-bond acceptors (Lipinski definition) is 5. The van der Waals surface area contributed by atoms with E-state index < -0.39 is 29.2 Å². The third-order valence-electron chi connectivity index (χ3n) is 4.53. The molecule has 1 aliphatic heterocycles. The van der Waals surface area contributed by atoms with Crippen LogP contribution in [0.3, 0.4) is 0 Å².